The summed E-state index contributed by atoms with van der Waals surface area (Å²) >= 11 is 0. The van der Waals surface area contributed by atoms with E-state index in [1.54, 1.807) is 0 Å². The van der Waals surface area contributed by atoms with Crippen LogP contribution in [0.5, 0.6) is 11.5 Å². The van der Waals surface area contributed by atoms with Gasteiger partial charge in [-0.3, -0.25) is 4.57 Å². The van der Waals surface area contributed by atoms with Crippen molar-refractivity contribution >= 4 is 7.60 Å². The average molecular weight is 233 g/mol. The van der Waals surface area contributed by atoms with Gasteiger partial charge >= 0.3 is 7.60 Å². The maximum absolute atomic E-state index is 10.9. The highest BCUT2D eigenvalue weighted by atomic mass is 31.2. The van der Waals surface area contributed by atoms with E-state index < -0.39 is 13.4 Å². The molecule has 0 aromatic heterocycles. The Kier molecular flexibility index (Phi) is 3.36. The fourth-order valence-corrected chi connectivity index (χ4v) is 1.63. The lowest BCUT2D eigenvalue weighted by molar-refractivity contribution is 0.358. The van der Waals surface area contributed by atoms with Crippen LogP contribution < -0.4 is 10.5 Å². The largest absolute Gasteiger partial charge is 0.504 e. The van der Waals surface area contributed by atoms with Crippen molar-refractivity contribution in [1.29, 1.82) is 0 Å². The van der Waals surface area contributed by atoms with Crippen molar-refractivity contribution in [1.82, 2.24) is 0 Å². The maximum Gasteiger partial charge on any atom is 0.346 e. The third-order valence-electron chi connectivity index (χ3n) is 1.91. The number of phenolic OH excluding ortho intramolecular Hbond substituents is 1. The van der Waals surface area contributed by atoms with Crippen molar-refractivity contribution in [2.24, 2.45) is 5.73 Å². The number of benzene rings is 1. The lowest BCUT2D eigenvalue weighted by Crippen LogP contribution is -2.10. The molecule has 0 saturated heterocycles. The smallest absolute Gasteiger partial charge is 0.346 e. The number of ether oxygens (including phenoxy) is 1. The molecule has 1 atom stereocenters. The Morgan fingerprint density at radius 1 is 1.47 bits per heavy atom. The summed E-state index contributed by atoms with van der Waals surface area (Å²) in [6.07, 6.45) is 0. The van der Waals surface area contributed by atoms with Crippen LogP contribution in [0.3, 0.4) is 0 Å². The van der Waals surface area contributed by atoms with Gasteiger partial charge in [0, 0.05) is 0 Å². The molecule has 15 heavy (non-hydrogen) atoms. The fraction of sp³-hybridized carbons (Fsp3) is 0.250. The summed E-state index contributed by atoms with van der Waals surface area (Å²) in [6, 6.07) is 3.95. The summed E-state index contributed by atoms with van der Waals surface area (Å²) < 4.78 is 15.6. The van der Waals surface area contributed by atoms with E-state index >= 15 is 0 Å². The number of nitrogens with two attached hydrogens (primary N) is 1. The Hall–Kier alpha value is -1.07. The molecule has 0 radical (unpaired) electrons. The number of aromatic hydroxyl groups is 1. The molecular formula is C8H12NO5P. The third-order valence-corrected chi connectivity index (χ3v) is 2.93. The molecule has 0 saturated carbocycles. The Balaban J connectivity index is 3.08. The SMILES string of the molecule is COc1ccc([C@H](N)P(=O)(O)O)cc1O. The van der Waals surface area contributed by atoms with Crippen LogP contribution in [0, 0.1) is 0 Å². The van der Waals surface area contributed by atoms with Crippen molar-refractivity contribution in [3.05, 3.63) is 23.8 Å². The molecule has 0 aliphatic rings. The van der Waals surface area contributed by atoms with Crippen LogP contribution in [0.15, 0.2) is 18.2 Å². The second-order valence-corrected chi connectivity index (χ2v) is 4.70. The fourth-order valence-electron chi connectivity index (χ4n) is 1.09. The van der Waals surface area contributed by atoms with Gasteiger partial charge < -0.3 is 25.4 Å². The van der Waals surface area contributed by atoms with E-state index in [0.717, 1.165) is 0 Å². The number of rotatable bonds is 3. The number of methoxy groups -OCH3 is 1. The van der Waals surface area contributed by atoms with Crippen LogP contribution in [-0.4, -0.2) is 22.0 Å². The van der Waals surface area contributed by atoms with E-state index in [-0.39, 0.29) is 17.1 Å². The van der Waals surface area contributed by atoms with Crippen LogP contribution in [0.4, 0.5) is 0 Å². The monoisotopic (exact) mass is 233 g/mol. The molecule has 0 amide bonds. The van der Waals surface area contributed by atoms with Gasteiger partial charge in [0.1, 0.15) is 5.78 Å². The van der Waals surface area contributed by atoms with Gasteiger partial charge in [0.25, 0.3) is 0 Å². The van der Waals surface area contributed by atoms with Gasteiger partial charge in [0.15, 0.2) is 11.5 Å². The predicted octanol–water partition coefficient (Wildman–Crippen LogP) is 0.536. The van der Waals surface area contributed by atoms with Crippen LogP contribution in [0.1, 0.15) is 11.3 Å². The first-order chi connectivity index (χ1) is 6.86. The summed E-state index contributed by atoms with van der Waals surface area (Å²) in [5, 5.41) is 9.37. The standard InChI is InChI=1S/C8H12NO5P/c1-14-7-3-2-5(4-6(7)10)8(9)15(11,12)13/h2-4,8,10H,9H2,1H3,(H2,11,12,13)/t8-/m1/s1. The normalized spacial score (nSPS) is 13.6. The second kappa shape index (κ2) is 4.20. The van der Waals surface area contributed by atoms with E-state index in [0.29, 0.717) is 0 Å². The molecule has 6 nitrogen and oxygen atoms in total. The van der Waals surface area contributed by atoms with Gasteiger partial charge in [-0.2, -0.15) is 0 Å². The van der Waals surface area contributed by atoms with Crippen molar-refractivity contribution in [2.45, 2.75) is 5.78 Å². The van der Waals surface area contributed by atoms with Crippen LogP contribution in [0.2, 0.25) is 0 Å². The van der Waals surface area contributed by atoms with Crippen LogP contribution in [-0.2, 0) is 4.57 Å². The Morgan fingerprint density at radius 2 is 2.07 bits per heavy atom. The number of phenols is 1. The molecule has 1 aromatic carbocycles. The van der Waals surface area contributed by atoms with E-state index in [9.17, 15) is 9.67 Å². The summed E-state index contributed by atoms with van der Waals surface area (Å²) in [5.74, 6) is -1.43. The molecule has 1 rings (SSSR count). The van der Waals surface area contributed by atoms with Crippen LogP contribution >= 0.6 is 7.60 Å². The molecule has 5 N–H and O–H groups in total. The molecular weight excluding hydrogens is 221 g/mol. The number of hydrogen-bond donors (Lipinski definition) is 4. The Labute approximate surface area is 86.5 Å². The maximum atomic E-state index is 10.9. The molecule has 1 aromatic rings. The topological polar surface area (TPSA) is 113 Å². The van der Waals surface area contributed by atoms with E-state index in [2.05, 4.69) is 0 Å². The zero-order valence-electron chi connectivity index (χ0n) is 7.99. The van der Waals surface area contributed by atoms with Gasteiger partial charge in [-0.25, -0.2) is 0 Å². The summed E-state index contributed by atoms with van der Waals surface area (Å²) in [5.41, 5.74) is 5.47. The lowest BCUT2D eigenvalue weighted by Gasteiger charge is -2.14. The van der Waals surface area contributed by atoms with Crippen LogP contribution in [0.25, 0.3) is 0 Å². The summed E-state index contributed by atoms with van der Waals surface area (Å²) in [7, 11) is -3.02. The minimum absolute atomic E-state index is 0.154. The average Bonchev–Trinajstić information content (AvgIpc) is 2.15. The first-order valence-electron chi connectivity index (χ1n) is 4.04. The van der Waals surface area contributed by atoms with Crippen molar-refractivity contribution < 1.29 is 24.2 Å². The Bertz CT molecular complexity index is 402. The molecule has 0 aliphatic heterocycles. The van der Waals surface area contributed by atoms with E-state index in [1.807, 2.05) is 0 Å². The highest BCUT2D eigenvalue weighted by Crippen LogP contribution is 2.48. The second-order valence-electron chi connectivity index (χ2n) is 2.97. The van der Waals surface area contributed by atoms with Gasteiger partial charge in [0.2, 0.25) is 0 Å². The lowest BCUT2D eigenvalue weighted by atomic mass is 10.2. The summed E-state index contributed by atoms with van der Waals surface area (Å²) in [4.78, 5) is 17.7. The summed E-state index contributed by atoms with van der Waals surface area (Å²) in [6.45, 7) is 0. The quantitative estimate of drug-likeness (QED) is 0.566. The molecule has 0 aliphatic carbocycles. The zero-order valence-corrected chi connectivity index (χ0v) is 8.89. The predicted molar refractivity (Wildman–Crippen MR) is 53.6 cm³/mol. The van der Waals surface area contributed by atoms with E-state index in [4.69, 9.17) is 20.3 Å². The van der Waals surface area contributed by atoms with Crippen molar-refractivity contribution in [3.63, 3.8) is 0 Å². The zero-order chi connectivity index (χ0) is 11.6. The van der Waals surface area contributed by atoms with Crippen molar-refractivity contribution in [3.8, 4) is 11.5 Å². The minimum atomic E-state index is -4.40. The molecule has 84 valence electrons. The Morgan fingerprint density at radius 3 is 2.47 bits per heavy atom. The van der Waals surface area contributed by atoms with Gasteiger partial charge in [-0.05, 0) is 17.7 Å². The van der Waals surface area contributed by atoms with Gasteiger partial charge in [-0.1, -0.05) is 6.07 Å². The third kappa shape index (κ3) is 2.70. The molecule has 0 spiro atoms. The molecule has 0 fully saturated rings. The molecule has 0 heterocycles. The molecule has 7 heteroatoms. The van der Waals surface area contributed by atoms with E-state index in [1.165, 1.54) is 25.3 Å². The molecule has 0 bridgehead atoms. The number of hydrogen-bond acceptors (Lipinski definition) is 4. The minimum Gasteiger partial charge on any atom is -0.504 e. The van der Waals surface area contributed by atoms with Gasteiger partial charge in [-0.15, -0.1) is 0 Å². The van der Waals surface area contributed by atoms with Gasteiger partial charge in [0.05, 0.1) is 7.11 Å². The first kappa shape index (κ1) is 12.0. The van der Waals surface area contributed by atoms with Crippen molar-refractivity contribution in [2.75, 3.05) is 7.11 Å². The first-order valence-corrected chi connectivity index (χ1v) is 5.72. The highest BCUT2D eigenvalue weighted by molar-refractivity contribution is 7.52. The highest BCUT2D eigenvalue weighted by Gasteiger charge is 2.26. The molecule has 0 unspecified atom stereocenters.